The maximum Gasteiger partial charge on any atom is 0.225 e. The van der Waals surface area contributed by atoms with Crippen LogP contribution in [0.5, 0.6) is 0 Å². The van der Waals surface area contributed by atoms with Gasteiger partial charge in [-0.05, 0) is 44.4 Å². The fraction of sp³-hybridized carbons (Fsp3) is 0.500. The highest BCUT2D eigenvalue weighted by molar-refractivity contribution is 7.12. The Morgan fingerprint density at radius 3 is 2.86 bits per heavy atom. The smallest absolute Gasteiger partial charge is 0.225 e. The van der Waals surface area contributed by atoms with Crippen LogP contribution in [0.2, 0.25) is 0 Å². The van der Waals surface area contributed by atoms with Crippen molar-refractivity contribution in [2.75, 3.05) is 18.0 Å². The third-order valence-electron chi connectivity index (χ3n) is 3.98. The summed E-state index contributed by atoms with van der Waals surface area (Å²) in [6.45, 7) is 7.39. The van der Waals surface area contributed by atoms with Crippen LogP contribution in [0.3, 0.4) is 0 Å². The van der Waals surface area contributed by atoms with Gasteiger partial charge in [0.2, 0.25) is 5.95 Å². The molecule has 1 aliphatic rings. The second-order valence-corrected chi connectivity index (χ2v) is 7.11. The average molecular weight is 302 g/mol. The fourth-order valence-electron chi connectivity index (χ4n) is 2.89. The van der Waals surface area contributed by atoms with Crippen LogP contribution in [-0.4, -0.2) is 29.1 Å². The van der Waals surface area contributed by atoms with Crippen LogP contribution in [-0.2, 0) is 6.54 Å². The van der Waals surface area contributed by atoms with E-state index in [2.05, 4.69) is 40.1 Å². The Hall–Kier alpha value is -1.46. The summed E-state index contributed by atoms with van der Waals surface area (Å²) in [7, 11) is 0. The zero-order valence-corrected chi connectivity index (χ0v) is 13.5. The van der Waals surface area contributed by atoms with Crippen molar-refractivity contribution in [1.29, 1.82) is 0 Å². The van der Waals surface area contributed by atoms with E-state index >= 15 is 0 Å². The minimum absolute atomic E-state index is 0.516. The molecule has 0 spiro atoms. The van der Waals surface area contributed by atoms with Gasteiger partial charge < -0.3 is 10.2 Å². The molecule has 0 aromatic carbocycles. The predicted octanol–water partition coefficient (Wildman–Crippen LogP) is 2.91. The van der Waals surface area contributed by atoms with Crippen LogP contribution in [0.1, 0.15) is 28.2 Å². The van der Waals surface area contributed by atoms with Crippen molar-refractivity contribution >= 4 is 17.3 Å². The van der Waals surface area contributed by atoms with Gasteiger partial charge in [0.05, 0.1) is 0 Å². The minimum atomic E-state index is 0.516. The normalized spacial score (nSPS) is 19.0. The molecule has 2 aromatic heterocycles. The van der Waals surface area contributed by atoms with Gasteiger partial charge in [-0.1, -0.05) is 0 Å². The van der Waals surface area contributed by atoms with Gasteiger partial charge in [0, 0.05) is 47.8 Å². The Morgan fingerprint density at radius 2 is 2.14 bits per heavy atom. The van der Waals surface area contributed by atoms with Crippen molar-refractivity contribution in [2.24, 2.45) is 0 Å². The maximum absolute atomic E-state index is 4.36. The van der Waals surface area contributed by atoms with Crippen molar-refractivity contribution in [1.82, 2.24) is 15.3 Å². The Labute approximate surface area is 130 Å². The molecule has 1 unspecified atom stereocenters. The highest BCUT2D eigenvalue weighted by atomic mass is 32.1. The maximum atomic E-state index is 4.36. The van der Waals surface area contributed by atoms with E-state index in [-0.39, 0.29) is 0 Å². The molecule has 1 fully saturated rings. The van der Waals surface area contributed by atoms with E-state index < -0.39 is 0 Å². The van der Waals surface area contributed by atoms with Crippen LogP contribution < -0.4 is 10.2 Å². The molecule has 3 heterocycles. The number of hydrogen-bond donors (Lipinski definition) is 1. The van der Waals surface area contributed by atoms with Crippen LogP contribution in [0.25, 0.3) is 0 Å². The molecule has 4 nitrogen and oxygen atoms in total. The molecule has 0 amide bonds. The summed E-state index contributed by atoms with van der Waals surface area (Å²) < 4.78 is 0. The van der Waals surface area contributed by atoms with Crippen LogP contribution >= 0.6 is 11.3 Å². The second kappa shape index (κ2) is 6.54. The van der Waals surface area contributed by atoms with Gasteiger partial charge in [-0.15, -0.1) is 11.3 Å². The second-order valence-electron chi connectivity index (χ2n) is 5.65. The number of piperidine rings is 1. The van der Waals surface area contributed by atoms with E-state index in [0.29, 0.717) is 6.04 Å². The Balaban J connectivity index is 1.58. The number of aryl methyl sites for hydroxylation is 2. The van der Waals surface area contributed by atoms with Gasteiger partial charge in [0.15, 0.2) is 0 Å². The predicted molar refractivity (Wildman–Crippen MR) is 87.9 cm³/mol. The molecular weight excluding hydrogens is 280 g/mol. The lowest BCUT2D eigenvalue weighted by atomic mass is 10.1. The highest BCUT2D eigenvalue weighted by Gasteiger charge is 2.21. The molecule has 2 aromatic rings. The molecule has 3 rings (SSSR count). The third-order valence-corrected chi connectivity index (χ3v) is 4.99. The SMILES string of the molecule is Cc1cc(CNC2CCCN(c3ncccn3)C2)c(C)s1. The van der Waals surface area contributed by atoms with E-state index in [4.69, 9.17) is 0 Å². The molecule has 0 aliphatic carbocycles. The molecule has 0 radical (unpaired) electrons. The molecule has 1 saturated heterocycles. The van der Waals surface area contributed by atoms with Crippen LogP contribution in [0, 0.1) is 13.8 Å². The topological polar surface area (TPSA) is 41.0 Å². The Morgan fingerprint density at radius 1 is 1.33 bits per heavy atom. The van der Waals surface area contributed by atoms with E-state index in [9.17, 15) is 0 Å². The average Bonchev–Trinajstić information content (AvgIpc) is 2.84. The summed E-state index contributed by atoms with van der Waals surface area (Å²) in [5, 5.41) is 3.70. The number of rotatable bonds is 4. The molecule has 1 atom stereocenters. The van der Waals surface area contributed by atoms with Gasteiger partial charge in [-0.25, -0.2) is 9.97 Å². The Bertz CT molecular complexity index is 581. The summed E-state index contributed by atoms with van der Waals surface area (Å²) in [6, 6.07) is 4.68. The van der Waals surface area contributed by atoms with Crippen molar-refractivity contribution in [2.45, 2.75) is 39.3 Å². The molecule has 112 valence electrons. The first-order chi connectivity index (χ1) is 10.2. The number of aromatic nitrogens is 2. The monoisotopic (exact) mass is 302 g/mol. The number of thiophene rings is 1. The highest BCUT2D eigenvalue weighted by Crippen LogP contribution is 2.21. The first-order valence-electron chi connectivity index (χ1n) is 7.53. The quantitative estimate of drug-likeness (QED) is 0.943. The molecule has 0 bridgehead atoms. The Kier molecular flexibility index (Phi) is 4.51. The van der Waals surface area contributed by atoms with Gasteiger partial charge in [0.25, 0.3) is 0 Å². The standard InChI is InChI=1S/C16H22N4S/c1-12-9-14(13(2)21-12)10-19-15-5-3-8-20(11-15)16-17-6-4-7-18-16/h4,6-7,9,15,19H,3,5,8,10-11H2,1-2H3. The number of anilines is 1. The summed E-state index contributed by atoms with van der Waals surface area (Å²) in [6.07, 6.45) is 6.05. The zero-order valence-electron chi connectivity index (χ0n) is 12.7. The van der Waals surface area contributed by atoms with Crippen LogP contribution in [0.4, 0.5) is 5.95 Å². The molecule has 0 saturated carbocycles. The lowest BCUT2D eigenvalue weighted by Crippen LogP contribution is -2.46. The first kappa shape index (κ1) is 14.5. The molecule has 5 heteroatoms. The van der Waals surface area contributed by atoms with E-state index in [1.807, 2.05) is 29.8 Å². The summed E-state index contributed by atoms with van der Waals surface area (Å²) in [5.41, 5.74) is 1.44. The van der Waals surface area contributed by atoms with Gasteiger partial charge in [-0.3, -0.25) is 0 Å². The van der Waals surface area contributed by atoms with Crippen molar-refractivity contribution in [3.05, 3.63) is 39.8 Å². The first-order valence-corrected chi connectivity index (χ1v) is 8.35. The van der Waals surface area contributed by atoms with E-state index in [1.165, 1.54) is 28.2 Å². The number of nitrogens with zero attached hydrogens (tertiary/aromatic N) is 3. The summed E-state index contributed by atoms with van der Waals surface area (Å²) in [4.78, 5) is 13.8. The zero-order chi connectivity index (χ0) is 14.7. The molecule has 1 aliphatic heterocycles. The van der Waals surface area contributed by atoms with E-state index in [1.54, 1.807) is 0 Å². The molecular formula is C16H22N4S. The van der Waals surface area contributed by atoms with Crippen molar-refractivity contribution < 1.29 is 0 Å². The van der Waals surface area contributed by atoms with Crippen molar-refractivity contribution in [3.8, 4) is 0 Å². The summed E-state index contributed by atoms with van der Waals surface area (Å²) >= 11 is 1.88. The minimum Gasteiger partial charge on any atom is -0.339 e. The van der Waals surface area contributed by atoms with Crippen molar-refractivity contribution in [3.63, 3.8) is 0 Å². The fourth-order valence-corrected chi connectivity index (χ4v) is 3.84. The van der Waals surface area contributed by atoms with Gasteiger partial charge in [0.1, 0.15) is 0 Å². The molecule has 1 N–H and O–H groups in total. The third kappa shape index (κ3) is 3.60. The number of nitrogens with one attached hydrogen (secondary N) is 1. The lowest BCUT2D eigenvalue weighted by Gasteiger charge is -2.33. The van der Waals surface area contributed by atoms with Gasteiger partial charge in [-0.2, -0.15) is 0 Å². The number of hydrogen-bond acceptors (Lipinski definition) is 5. The largest absolute Gasteiger partial charge is 0.339 e. The molecule has 21 heavy (non-hydrogen) atoms. The van der Waals surface area contributed by atoms with Gasteiger partial charge >= 0.3 is 0 Å². The van der Waals surface area contributed by atoms with Crippen LogP contribution in [0.15, 0.2) is 24.5 Å². The summed E-state index contributed by atoms with van der Waals surface area (Å²) in [5.74, 6) is 0.853. The van der Waals surface area contributed by atoms with E-state index in [0.717, 1.165) is 25.6 Å². The lowest BCUT2D eigenvalue weighted by molar-refractivity contribution is 0.418.